The number of rotatable bonds is 1. The second kappa shape index (κ2) is 2.83. The minimum absolute atomic E-state index is 0.148. The van der Waals surface area contributed by atoms with Crippen LogP contribution in [0.4, 0.5) is 8.78 Å². The molecule has 1 aliphatic rings. The zero-order valence-electron chi connectivity index (χ0n) is 6.48. The molecule has 3 heteroatoms. The van der Waals surface area contributed by atoms with Crippen molar-refractivity contribution in [1.29, 1.82) is 0 Å². The third-order valence-electron chi connectivity index (χ3n) is 2.11. The average Bonchev–Trinajstić information content (AvgIpc) is 1.79. The van der Waals surface area contributed by atoms with Gasteiger partial charge in [-0.15, -0.1) is 0 Å². The topological polar surface area (TPSA) is 12.0 Å². The summed E-state index contributed by atoms with van der Waals surface area (Å²) in [6, 6.07) is 3.79. The first-order valence-corrected chi connectivity index (χ1v) is 3.95. The second-order valence-electron chi connectivity index (χ2n) is 3.00. The van der Waals surface area contributed by atoms with Gasteiger partial charge in [0.15, 0.2) is 0 Å². The number of hydrogen-bond donors (Lipinski definition) is 1. The SMILES string of the molecule is Fc1cc(F)cc([C@@H]2CCN2)c1. The summed E-state index contributed by atoms with van der Waals surface area (Å²) < 4.78 is 25.4. The normalized spacial score (nSPS) is 22.0. The summed E-state index contributed by atoms with van der Waals surface area (Å²) in [5, 5.41) is 3.08. The summed E-state index contributed by atoms with van der Waals surface area (Å²) in [7, 11) is 0. The molecule has 0 aliphatic carbocycles. The van der Waals surface area contributed by atoms with Crippen LogP contribution in [-0.2, 0) is 0 Å². The molecule has 12 heavy (non-hydrogen) atoms. The van der Waals surface area contributed by atoms with Crippen LogP contribution in [-0.4, -0.2) is 6.54 Å². The Labute approximate surface area is 69.4 Å². The van der Waals surface area contributed by atoms with Gasteiger partial charge in [-0.3, -0.25) is 0 Å². The second-order valence-corrected chi connectivity index (χ2v) is 3.00. The number of hydrogen-bond acceptors (Lipinski definition) is 1. The van der Waals surface area contributed by atoms with Gasteiger partial charge in [0, 0.05) is 12.1 Å². The lowest BCUT2D eigenvalue weighted by Crippen LogP contribution is -2.35. The number of benzene rings is 1. The maximum absolute atomic E-state index is 12.7. The van der Waals surface area contributed by atoms with Crippen molar-refractivity contribution in [3.63, 3.8) is 0 Å². The Balaban J connectivity index is 2.30. The molecule has 0 radical (unpaired) electrons. The van der Waals surface area contributed by atoms with Crippen molar-refractivity contribution in [1.82, 2.24) is 5.32 Å². The predicted octanol–water partition coefficient (Wildman–Crippen LogP) is 2.00. The molecule has 1 heterocycles. The van der Waals surface area contributed by atoms with E-state index in [-0.39, 0.29) is 6.04 Å². The summed E-state index contributed by atoms with van der Waals surface area (Å²) >= 11 is 0. The smallest absolute Gasteiger partial charge is 0.126 e. The highest BCUT2D eigenvalue weighted by molar-refractivity contribution is 5.22. The van der Waals surface area contributed by atoms with Crippen molar-refractivity contribution in [3.8, 4) is 0 Å². The fraction of sp³-hybridized carbons (Fsp3) is 0.333. The molecule has 1 aromatic carbocycles. The highest BCUT2D eigenvalue weighted by atomic mass is 19.1. The molecule has 2 rings (SSSR count). The molecular weight excluding hydrogens is 160 g/mol. The summed E-state index contributed by atoms with van der Waals surface area (Å²) in [6.07, 6.45) is 0.961. The standard InChI is InChI=1S/C9H9F2N/c10-7-3-6(4-8(11)5-7)9-1-2-12-9/h3-5,9,12H,1-2H2/t9-/m0/s1. The first kappa shape index (κ1) is 7.68. The maximum Gasteiger partial charge on any atom is 0.126 e. The fourth-order valence-electron chi connectivity index (χ4n) is 1.35. The van der Waals surface area contributed by atoms with Gasteiger partial charge < -0.3 is 5.32 Å². The van der Waals surface area contributed by atoms with Crippen LogP contribution in [0.15, 0.2) is 18.2 Å². The van der Waals surface area contributed by atoms with E-state index in [1.54, 1.807) is 0 Å². The Kier molecular flexibility index (Phi) is 1.81. The zero-order valence-corrected chi connectivity index (χ0v) is 6.48. The lowest BCUT2D eigenvalue weighted by Gasteiger charge is -2.27. The molecule has 1 fully saturated rings. The van der Waals surface area contributed by atoms with Crippen LogP contribution in [0.1, 0.15) is 18.0 Å². The lowest BCUT2D eigenvalue weighted by atomic mass is 9.98. The molecule has 1 atom stereocenters. The summed E-state index contributed by atoms with van der Waals surface area (Å²) in [4.78, 5) is 0. The van der Waals surface area contributed by atoms with Gasteiger partial charge in [-0.2, -0.15) is 0 Å². The van der Waals surface area contributed by atoms with E-state index in [0.717, 1.165) is 19.0 Å². The Morgan fingerprint density at radius 3 is 2.17 bits per heavy atom. The number of halogens is 2. The fourth-order valence-corrected chi connectivity index (χ4v) is 1.35. The molecule has 0 spiro atoms. The van der Waals surface area contributed by atoms with Gasteiger partial charge >= 0.3 is 0 Å². The van der Waals surface area contributed by atoms with Gasteiger partial charge in [0.25, 0.3) is 0 Å². The van der Waals surface area contributed by atoms with Gasteiger partial charge in [-0.25, -0.2) is 8.78 Å². The molecule has 64 valence electrons. The summed E-state index contributed by atoms with van der Waals surface area (Å²) in [6.45, 7) is 0.933. The van der Waals surface area contributed by atoms with Crippen molar-refractivity contribution in [2.45, 2.75) is 12.5 Å². The summed E-state index contributed by atoms with van der Waals surface area (Å²) in [5.41, 5.74) is 0.707. The minimum atomic E-state index is -0.501. The van der Waals surface area contributed by atoms with Crippen molar-refractivity contribution >= 4 is 0 Å². The van der Waals surface area contributed by atoms with E-state index in [4.69, 9.17) is 0 Å². The minimum Gasteiger partial charge on any atom is -0.310 e. The highest BCUT2D eigenvalue weighted by Gasteiger charge is 2.19. The quantitative estimate of drug-likeness (QED) is 0.678. The molecule has 1 aromatic rings. The van der Waals surface area contributed by atoms with Gasteiger partial charge in [0.05, 0.1) is 0 Å². The van der Waals surface area contributed by atoms with E-state index >= 15 is 0 Å². The lowest BCUT2D eigenvalue weighted by molar-refractivity contribution is 0.380. The van der Waals surface area contributed by atoms with Crippen LogP contribution in [0.3, 0.4) is 0 Å². The van der Waals surface area contributed by atoms with Crippen molar-refractivity contribution < 1.29 is 8.78 Å². The van der Waals surface area contributed by atoms with Crippen LogP contribution in [0, 0.1) is 11.6 Å². The third-order valence-corrected chi connectivity index (χ3v) is 2.11. The van der Waals surface area contributed by atoms with Crippen LogP contribution in [0.2, 0.25) is 0 Å². The van der Waals surface area contributed by atoms with Gasteiger partial charge in [-0.05, 0) is 30.7 Å². The Morgan fingerprint density at radius 2 is 1.75 bits per heavy atom. The van der Waals surface area contributed by atoms with Crippen molar-refractivity contribution in [2.24, 2.45) is 0 Å². The van der Waals surface area contributed by atoms with Crippen molar-refractivity contribution in [2.75, 3.05) is 6.54 Å². The molecule has 0 saturated carbocycles. The molecular formula is C9H9F2N. The molecule has 1 nitrogen and oxygen atoms in total. The van der Waals surface area contributed by atoms with Gasteiger partial charge in [0.1, 0.15) is 11.6 Å². The van der Waals surface area contributed by atoms with Gasteiger partial charge in [0.2, 0.25) is 0 Å². The molecule has 0 unspecified atom stereocenters. The van der Waals surface area contributed by atoms with E-state index < -0.39 is 11.6 Å². The first-order valence-electron chi connectivity index (χ1n) is 3.95. The van der Waals surface area contributed by atoms with E-state index in [2.05, 4.69) is 5.32 Å². The first-order chi connectivity index (χ1) is 5.75. The molecule has 0 bridgehead atoms. The number of nitrogens with one attached hydrogen (secondary N) is 1. The third kappa shape index (κ3) is 1.32. The largest absolute Gasteiger partial charge is 0.310 e. The summed E-state index contributed by atoms with van der Waals surface area (Å²) in [5.74, 6) is -1.00. The van der Waals surface area contributed by atoms with Crippen molar-refractivity contribution in [3.05, 3.63) is 35.4 Å². The van der Waals surface area contributed by atoms with E-state index in [9.17, 15) is 8.78 Å². The van der Waals surface area contributed by atoms with Crippen LogP contribution in [0.25, 0.3) is 0 Å². The highest BCUT2D eigenvalue weighted by Crippen LogP contribution is 2.23. The molecule has 1 N–H and O–H groups in total. The van der Waals surface area contributed by atoms with E-state index in [1.165, 1.54) is 12.1 Å². The average molecular weight is 169 g/mol. The Morgan fingerprint density at radius 1 is 1.17 bits per heavy atom. The van der Waals surface area contributed by atoms with Gasteiger partial charge in [-0.1, -0.05) is 0 Å². The van der Waals surface area contributed by atoms with Crippen LogP contribution >= 0.6 is 0 Å². The van der Waals surface area contributed by atoms with Crippen LogP contribution < -0.4 is 5.32 Å². The Hall–Kier alpha value is -0.960. The maximum atomic E-state index is 12.7. The molecule has 1 saturated heterocycles. The molecule has 1 aliphatic heterocycles. The van der Waals surface area contributed by atoms with Crippen LogP contribution in [0.5, 0.6) is 0 Å². The Bertz CT molecular complexity index is 274. The predicted molar refractivity (Wildman–Crippen MR) is 41.7 cm³/mol. The molecule has 0 amide bonds. The van der Waals surface area contributed by atoms with E-state index in [0.29, 0.717) is 5.56 Å². The zero-order chi connectivity index (χ0) is 8.55. The monoisotopic (exact) mass is 169 g/mol. The molecule has 0 aromatic heterocycles. The van der Waals surface area contributed by atoms with E-state index in [1.807, 2.05) is 0 Å².